The van der Waals surface area contributed by atoms with Crippen LogP contribution in [0.15, 0.2) is 0 Å². The quantitative estimate of drug-likeness (QED) is 0.519. The van der Waals surface area contributed by atoms with Crippen LogP contribution in [0.2, 0.25) is 0 Å². The monoisotopic (exact) mass is 252 g/mol. The summed E-state index contributed by atoms with van der Waals surface area (Å²) in [6.07, 6.45) is -0.309. The maximum absolute atomic E-state index is 12.0. The largest absolute Gasteiger partial charge is 0.469 e. The van der Waals surface area contributed by atoms with Gasteiger partial charge in [0.05, 0.1) is 27.2 Å². The van der Waals surface area contributed by atoms with Gasteiger partial charge in [-0.3, -0.25) is 14.2 Å². The van der Waals surface area contributed by atoms with Gasteiger partial charge in [-0.25, -0.2) is 0 Å². The summed E-state index contributed by atoms with van der Waals surface area (Å²) in [7, 11) is -0.860. The van der Waals surface area contributed by atoms with Gasteiger partial charge in [0.2, 0.25) is 7.37 Å². The Morgan fingerprint density at radius 3 is 2.19 bits per heavy atom. The zero-order chi connectivity index (χ0) is 12.8. The van der Waals surface area contributed by atoms with Crippen LogP contribution in [0.4, 0.5) is 0 Å². The van der Waals surface area contributed by atoms with E-state index in [1.54, 1.807) is 6.92 Å². The Labute approximate surface area is 94.7 Å². The first-order chi connectivity index (χ1) is 7.38. The summed E-state index contributed by atoms with van der Waals surface area (Å²) in [5.41, 5.74) is -1.11. The highest BCUT2D eigenvalue weighted by Gasteiger charge is 2.38. The third-order valence-corrected chi connectivity index (χ3v) is 4.31. The van der Waals surface area contributed by atoms with Crippen LogP contribution in [-0.4, -0.2) is 45.1 Å². The van der Waals surface area contributed by atoms with Crippen LogP contribution >= 0.6 is 7.37 Å². The van der Waals surface area contributed by atoms with Crippen LogP contribution < -0.4 is 0 Å². The molecule has 0 aliphatic carbocycles. The van der Waals surface area contributed by atoms with Crippen LogP contribution in [0.5, 0.6) is 0 Å². The predicted molar refractivity (Wildman–Crippen MR) is 57.6 cm³/mol. The molecule has 0 aliphatic rings. The van der Waals surface area contributed by atoms with E-state index in [2.05, 4.69) is 9.47 Å². The molecule has 0 bridgehead atoms. The van der Waals surface area contributed by atoms with Crippen molar-refractivity contribution < 1.29 is 28.2 Å². The molecule has 0 aromatic rings. The van der Waals surface area contributed by atoms with Crippen molar-refractivity contribution in [3.8, 4) is 0 Å². The second-order valence-corrected chi connectivity index (χ2v) is 5.84. The number of hydrogen-bond donors (Lipinski definition) is 0. The van der Waals surface area contributed by atoms with Gasteiger partial charge < -0.3 is 14.0 Å². The summed E-state index contributed by atoms with van der Waals surface area (Å²) in [6, 6.07) is 0. The van der Waals surface area contributed by atoms with Crippen molar-refractivity contribution in [2.45, 2.75) is 19.0 Å². The van der Waals surface area contributed by atoms with Crippen molar-refractivity contribution in [1.82, 2.24) is 0 Å². The summed E-state index contributed by atoms with van der Waals surface area (Å²) < 4.78 is 26.0. The van der Waals surface area contributed by atoms with Gasteiger partial charge in [-0.2, -0.15) is 0 Å². The Morgan fingerprint density at radius 1 is 1.25 bits per heavy atom. The number of rotatable bonds is 6. The van der Waals surface area contributed by atoms with E-state index in [1.807, 2.05) is 0 Å². The van der Waals surface area contributed by atoms with E-state index in [1.165, 1.54) is 20.9 Å². The molecule has 0 radical (unpaired) electrons. The van der Waals surface area contributed by atoms with Crippen molar-refractivity contribution in [1.29, 1.82) is 0 Å². The smallest absolute Gasteiger partial charge is 0.319 e. The molecule has 0 heterocycles. The maximum Gasteiger partial charge on any atom is 0.319 e. The van der Waals surface area contributed by atoms with Crippen molar-refractivity contribution in [3.05, 3.63) is 0 Å². The highest BCUT2D eigenvalue weighted by Crippen LogP contribution is 2.49. The van der Waals surface area contributed by atoms with E-state index in [9.17, 15) is 14.2 Å². The van der Waals surface area contributed by atoms with Crippen LogP contribution in [0.25, 0.3) is 0 Å². The van der Waals surface area contributed by atoms with Crippen LogP contribution in [0.1, 0.15) is 13.3 Å². The van der Waals surface area contributed by atoms with E-state index in [0.717, 1.165) is 0 Å². The summed E-state index contributed by atoms with van der Waals surface area (Å²) >= 11 is 0. The first-order valence-electron chi connectivity index (χ1n) is 4.75. The molecule has 0 spiro atoms. The Balaban J connectivity index is 4.86. The van der Waals surface area contributed by atoms with Gasteiger partial charge in [0.1, 0.15) is 5.66 Å². The molecular weight excluding hydrogens is 235 g/mol. The molecule has 0 saturated heterocycles. The molecule has 0 saturated carbocycles. The molecule has 0 aliphatic heterocycles. The fourth-order valence-corrected chi connectivity index (χ4v) is 2.83. The molecule has 0 fully saturated rings. The predicted octanol–water partition coefficient (Wildman–Crippen LogP) is 1.04. The molecule has 0 N–H and O–H groups in total. The number of methoxy groups -OCH3 is 2. The SMILES string of the molecule is CCO[P@](C)(=O)[C@@H](CC(=O)OC)C(=O)OC. The molecule has 6 nitrogen and oxygen atoms in total. The molecular formula is C9H17O6P. The number of esters is 2. The highest BCUT2D eigenvalue weighted by molar-refractivity contribution is 7.60. The van der Waals surface area contributed by atoms with Gasteiger partial charge in [0.15, 0.2) is 0 Å². The van der Waals surface area contributed by atoms with Crippen LogP contribution in [0.3, 0.4) is 0 Å². The van der Waals surface area contributed by atoms with Crippen molar-refractivity contribution >= 4 is 19.3 Å². The summed E-state index contributed by atoms with van der Waals surface area (Å²) in [6.45, 7) is 3.16. The maximum atomic E-state index is 12.0. The Kier molecular flexibility index (Phi) is 6.29. The van der Waals surface area contributed by atoms with E-state index in [-0.39, 0.29) is 13.0 Å². The lowest BCUT2D eigenvalue weighted by atomic mass is 10.3. The lowest BCUT2D eigenvalue weighted by Gasteiger charge is -2.20. The number of ether oxygens (including phenoxy) is 2. The molecule has 94 valence electrons. The Bertz CT molecular complexity index is 300. The minimum atomic E-state index is -3.22. The Morgan fingerprint density at radius 2 is 1.81 bits per heavy atom. The Hall–Kier alpha value is -0.870. The third-order valence-electron chi connectivity index (χ3n) is 2.01. The highest BCUT2D eigenvalue weighted by atomic mass is 31.2. The van der Waals surface area contributed by atoms with Crippen molar-refractivity contribution in [2.24, 2.45) is 0 Å². The van der Waals surface area contributed by atoms with Crippen molar-refractivity contribution in [3.63, 3.8) is 0 Å². The minimum Gasteiger partial charge on any atom is -0.469 e. The van der Waals surface area contributed by atoms with Crippen LogP contribution in [0, 0.1) is 0 Å². The van der Waals surface area contributed by atoms with Gasteiger partial charge >= 0.3 is 11.9 Å². The summed E-state index contributed by atoms with van der Waals surface area (Å²) in [5, 5.41) is 0. The first-order valence-corrected chi connectivity index (χ1v) is 6.89. The summed E-state index contributed by atoms with van der Waals surface area (Å²) in [5.74, 6) is -1.36. The van der Waals surface area contributed by atoms with Gasteiger partial charge in [0.25, 0.3) is 0 Å². The van der Waals surface area contributed by atoms with Crippen molar-refractivity contribution in [2.75, 3.05) is 27.5 Å². The normalized spacial score (nSPS) is 16.0. The topological polar surface area (TPSA) is 78.9 Å². The van der Waals surface area contributed by atoms with Gasteiger partial charge in [0, 0.05) is 6.66 Å². The summed E-state index contributed by atoms with van der Waals surface area (Å²) in [4.78, 5) is 22.5. The molecule has 2 atom stereocenters. The molecule has 0 rings (SSSR count). The number of hydrogen-bond acceptors (Lipinski definition) is 6. The average Bonchev–Trinajstić information content (AvgIpc) is 2.24. The lowest BCUT2D eigenvalue weighted by Crippen LogP contribution is -2.26. The molecule has 7 heteroatoms. The fraction of sp³-hybridized carbons (Fsp3) is 0.778. The molecule has 16 heavy (non-hydrogen) atoms. The molecule has 0 amide bonds. The minimum absolute atomic E-state index is 0.197. The van der Waals surface area contributed by atoms with Crippen LogP contribution in [-0.2, 0) is 28.2 Å². The lowest BCUT2D eigenvalue weighted by molar-refractivity contribution is -0.147. The number of carbonyl (C=O) groups excluding carboxylic acids is 2. The van der Waals surface area contributed by atoms with E-state index in [4.69, 9.17) is 4.52 Å². The standard InChI is InChI=1S/C9H17O6P/c1-5-15-16(4,12)7(9(11)14-3)6-8(10)13-2/h7H,5-6H2,1-4H3/t7-,16-/m0/s1. The molecule has 0 aromatic heterocycles. The van der Waals surface area contributed by atoms with E-state index in [0.29, 0.717) is 0 Å². The number of carbonyl (C=O) groups is 2. The van der Waals surface area contributed by atoms with E-state index >= 15 is 0 Å². The fourth-order valence-electron chi connectivity index (χ4n) is 1.16. The average molecular weight is 252 g/mol. The molecule has 0 unspecified atom stereocenters. The zero-order valence-electron chi connectivity index (χ0n) is 9.89. The third kappa shape index (κ3) is 4.33. The second kappa shape index (κ2) is 6.66. The first kappa shape index (κ1) is 15.1. The second-order valence-electron chi connectivity index (χ2n) is 3.15. The van der Waals surface area contributed by atoms with Gasteiger partial charge in [-0.05, 0) is 6.92 Å². The zero-order valence-corrected chi connectivity index (χ0v) is 10.8. The van der Waals surface area contributed by atoms with Gasteiger partial charge in [-0.1, -0.05) is 0 Å². The van der Waals surface area contributed by atoms with E-state index < -0.39 is 25.0 Å². The van der Waals surface area contributed by atoms with Gasteiger partial charge in [-0.15, -0.1) is 0 Å². The molecule has 0 aromatic carbocycles.